The minimum atomic E-state index is -0.432. The minimum absolute atomic E-state index is 0.107. The van der Waals surface area contributed by atoms with Crippen molar-refractivity contribution in [3.8, 4) is 11.5 Å². The van der Waals surface area contributed by atoms with Gasteiger partial charge in [0.15, 0.2) is 29.7 Å². The van der Waals surface area contributed by atoms with Crippen molar-refractivity contribution in [2.24, 2.45) is 0 Å². The molecule has 5 rings (SSSR count). The number of amides is 1. The summed E-state index contributed by atoms with van der Waals surface area (Å²) in [6.45, 7) is 2.57. The monoisotopic (exact) mass is 660 g/mol. The van der Waals surface area contributed by atoms with Crippen LogP contribution in [0.4, 0.5) is 5.69 Å². The first-order valence-corrected chi connectivity index (χ1v) is 14.6. The van der Waals surface area contributed by atoms with Gasteiger partial charge in [-0.15, -0.1) is 0 Å². The van der Waals surface area contributed by atoms with Crippen molar-refractivity contribution in [3.05, 3.63) is 73.1 Å². The highest BCUT2D eigenvalue weighted by Crippen LogP contribution is 2.50. The molecule has 1 aliphatic heterocycles. The molecule has 0 spiro atoms. The van der Waals surface area contributed by atoms with Crippen LogP contribution in [0.3, 0.4) is 0 Å². The molecule has 9 heteroatoms. The maximum Gasteiger partial charge on any atom is 0.262 e. The Labute approximate surface area is 246 Å². The molecule has 2 aromatic carbocycles. The van der Waals surface area contributed by atoms with Gasteiger partial charge in [-0.1, -0.05) is 23.7 Å². The van der Waals surface area contributed by atoms with E-state index in [0.717, 1.165) is 63.9 Å². The third kappa shape index (κ3) is 5.33. The highest BCUT2D eigenvalue weighted by Gasteiger charge is 2.43. The summed E-state index contributed by atoms with van der Waals surface area (Å²) < 4.78 is 12.3. The number of rotatable bonds is 7. The van der Waals surface area contributed by atoms with E-state index >= 15 is 0 Å². The van der Waals surface area contributed by atoms with Gasteiger partial charge in [0.05, 0.1) is 21.4 Å². The molecule has 1 amide bonds. The van der Waals surface area contributed by atoms with E-state index < -0.39 is 5.92 Å². The van der Waals surface area contributed by atoms with Gasteiger partial charge >= 0.3 is 0 Å². The SMILES string of the molecule is CCN1C2=C(C(=O)CCC2)C(c2cc(I)c(OCC(=O)Nc3ccccc3Cl)c(OC)c2)C2=C1CCCC2=O. The van der Waals surface area contributed by atoms with Crippen molar-refractivity contribution in [2.75, 3.05) is 25.6 Å². The zero-order valence-electron chi connectivity index (χ0n) is 21.9. The molecule has 1 heterocycles. The number of nitrogens with one attached hydrogen (secondary N) is 1. The zero-order chi connectivity index (χ0) is 27.7. The van der Waals surface area contributed by atoms with E-state index in [9.17, 15) is 14.4 Å². The summed E-state index contributed by atoms with van der Waals surface area (Å²) in [7, 11) is 1.54. The van der Waals surface area contributed by atoms with Crippen LogP contribution in [-0.4, -0.2) is 42.6 Å². The molecule has 2 aromatic rings. The Morgan fingerprint density at radius 3 is 2.28 bits per heavy atom. The molecule has 0 radical (unpaired) electrons. The van der Waals surface area contributed by atoms with Crippen LogP contribution >= 0.6 is 34.2 Å². The summed E-state index contributed by atoms with van der Waals surface area (Å²) in [5.74, 6) is 0.289. The first-order valence-electron chi connectivity index (χ1n) is 13.2. The van der Waals surface area contributed by atoms with E-state index in [1.165, 1.54) is 0 Å². The summed E-state index contributed by atoms with van der Waals surface area (Å²) in [6, 6.07) is 10.8. The topological polar surface area (TPSA) is 84.9 Å². The van der Waals surface area contributed by atoms with Crippen LogP contribution in [0.2, 0.25) is 5.02 Å². The van der Waals surface area contributed by atoms with Gasteiger partial charge in [-0.3, -0.25) is 14.4 Å². The predicted octanol–water partition coefficient (Wildman–Crippen LogP) is 6.40. The number of hydrogen-bond donors (Lipinski definition) is 1. The summed E-state index contributed by atoms with van der Waals surface area (Å²) in [5.41, 5.74) is 4.91. The largest absolute Gasteiger partial charge is 0.493 e. The number of allylic oxidation sites excluding steroid dienone is 4. The number of halogens is 2. The van der Waals surface area contributed by atoms with Crippen LogP contribution in [0.5, 0.6) is 11.5 Å². The second kappa shape index (κ2) is 11.7. The van der Waals surface area contributed by atoms with E-state index in [2.05, 4.69) is 39.7 Å². The van der Waals surface area contributed by atoms with Crippen LogP contribution < -0.4 is 14.8 Å². The summed E-state index contributed by atoms with van der Waals surface area (Å²) in [6.07, 6.45) is 4.26. The molecule has 204 valence electrons. The lowest BCUT2D eigenvalue weighted by atomic mass is 9.71. The maximum absolute atomic E-state index is 13.4. The number of ether oxygens (including phenoxy) is 2. The van der Waals surface area contributed by atoms with Gasteiger partial charge in [-0.05, 0) is 85.0 Å². The first kappa shape index (κ1) is 27.7. The third-order valence-corrected chi connectivity index (χ3v) is 8.61. The molecule has 0 fully saturated rings. The predicted molar refractivity (Wildman–Crippen MR) is 158 cm³/mol. The number of ketones is 2. The van der Waals surface area contributed by atoms with Gasteiger partial charge in [0.25, 0.3) is 5.91 Å². The van der Waals surface area contributed by atoms with E-state index in [1.54, 1.807) is 31.4 Å². The van der Waals surface area contributed by atoms with Gasteiger partial charge in [0.1, 0.15) is 0 Å². The molecular weight excluding hydrogens is 631 g/mol. The van der Waals surface area contributed by atoms with Crippen molar-refractivity contribution in [3.63, 3.8) is 0 Å². The molecule has 2 aliphatic carbocycles. The molecule has 0 atom stereocenters. The van der Waals surface area contributed by atoms with Crippen LogP contribution in [0.25, 0.3) is 0 Å². The Kier molecular flexibility index (Phi) is 8.32. The smallest absolute Gasteiger partial charge is 0.262 e. The Morgan fingerprint density at radius 2 is 1.69 bits per heavy atom. The van der Waals surface area contributed by atoms with Crippen molar-refractivity contribution in [2.45, 2.75) is 51.4 Å². The van der Waals surface area contributed by atoms with E-state index in [-0.39, 0.29) is 24.1 Å². The van der Waals surface area contributed by atoms with Crippen molar-refractivity contribution < 1.29 is 23.9 Å². The lowest BCUT2D eigenvalue weighted by molar-refractivity contribution is -0.118. The molecule has 39 heavy (non-hydrogen) atoms. The first-order chi connectivity index (χ1) is 18.8. The average molecular weight is 661 g/mol. The number of Topliss-reactive ketones (excluding diaryl/α,β-unsaturated/α-hetero) is 2. The molecule has 0 saturated heterocycles. The van der Waals surface area contributed by atoms with Crippen LogP contribution in [0, 0.1) is 3.57 Å². The van der Waals surface area contributed by atoms with E-state index in [0.29, 0.717) is 35.1 Å². The maximum atomic E-state index is 13.4. The van der Waals surface area contributed by atoms with E-state index in [1.807, 2.05) is 12.1 Å². The number of para-hydroxylation sites is 1. The van der Waals surface area contributed by atoms with Gasteiger partial charge in [-0.2, -0.15) is 0 Å². The molecule has 0 bridgehead atoms. The normalized spacial score (nSPS) is 17.7. The number of nitrogens with zero attached hydrogens (tertiary/aromatic N) is 1. The molecule has 7 nitrogen and oxygen atoms in total. The van der Waals surface area contributed by atoms with E-state index in [4.69, 9.17) is 21.1 Å². The number of hydrogen-bond acceptors (Lipinski definition) is 6. The fraction of sp³-hybridized carbons (Fsp3) is 0.367. The fourth-order valence-corrected chi connectivity index (χ4v) is 6.83. The highest BCUT2D eigenvalue weighted by molar-refractivity contribution is 14.1. The lowest BCUT2D eigenvalue weighted by Gasteiger charge is -2.43. The molecular formula is C30H30ClIN2O5. The summed E-state index contributed by atoms with van der Waals surface area (Å²) in [4.78, 5) is 41.6. The van der Waals surface area contributed by atoms with Gasteiger partial charge < -0.3 is 19.7 Å². The van der Waals surface area contributed by atoms with Crippen molar-refractivity contribution in [1.29, 1.82) is 0 Å². The van der Waals surface area contributed by atoms with Gasteiger partial charge in [-0.25, -0.2) is 0 Å². The minimum Gasteiger partial charge on any atom is -0.493 e. The number of carbonyl (C=O) groups is 3. The standard InChI is InChI=1S/C30H30ClIN2O5/c1-3-34-21-10-6-12-23(35)28(21)27(29-22(34)11-7-13-24(29)36)17-14-19(32)30(25(15-17)38-2)39-16-26(37)33-20-9-5-4-8-18(20)31/h4-5,8-9,14-15,27H,3,6-7,10-13,16H2,1-2H3,(H,33,37). The third-order valence-electron chi connectivity index (χ3n) is 7.48. The number of anilines is 1. The van der Waals surface area contributed by atoms with Crippen LogP contribution in [-0.2, 0) is 14.4 Å². The van der Waals surface area contributed by atoms with Crippen molar-refractivity contribution in [1.82, 2.24) is 4.90 Å². The Hall–Kier alpha value is -2.85. The lowest BCUT2D eigenvalue weighted by Crippen LogP contribution is -2.39. The molecule has 0 unspecified atom stereocenters. The fourth-order valence-electron chi connectivity index (χ4n) is 5.86. The Morgan fingerprint density at radius 1 is 1.05 bits per heavy atom. The second-order valence-electron chi connectivity index (χ2n) is 9.80. The number of methoxy groups -OCH3 is 1. The Bertz CT molecular complexity index is 1370. The Balaban J connectivity index is 1.50. The number of benzene rings is 2. The highest BCUT2D eigenvalue weighted by atomic mass is 127. The summed E-state index contributed by atoms with van der Waals surface area (Å²) >= 11 is 8.30. The zero-order valence-corrected chi connectivity index (χ0v) is 24.9. The molecule has 0 saturated carbocycles. The summed E-state index contributed by atoms with van der Waals surface area (Å²) in [5, 5.41) is 3.19. The second-order valence-corrected chi connectivity index (χ2v) is 11.4. The molecule has 0 aromatic heterocycles. The van der Waals surface area contributed by atoms with Gasteiger partial charge in [0, 0.05) is 47.8 Å². The van der Waals surface area contributed by atoms with Gasteiger partial charge in [0.2, 0.25) is 0 Å². The van der Waals surface area contributed by atoms with Crippen LogP contribution in [0.15, 0.2) is 58.9 Å². The average Bonchev–Trinajstić information content (AvgIpc) is 2.92. The molecule has 3 aliphatic rings. The van der Waals surface area contributed by atoms with Crippen molar-refractivity contribution >= 4 is 57.4 Å². The van der Waals surface area contributed by atoms with Crippen LogP contribution in [0.1, 0.15) is 56.9 Å². The number of carbonyl (C=O) groups excluding carboxylic acids is 3. The quantitative estimate of drug-likeness (QED) is 0.346. The molecule has 1 N–H and O–H groups in total.